The van der Waals surface area contributed by atoms with Crippen LogP contribution in [0.2, 0.25) is 0 Å². The predicted octanol–water partition coefficient (Wildman–Crippen LogP) is 2.54. The predicted molar refractivity (Wildman–Crippen MR) is 71.7 cm³/mol. The van der Waals surface area contributed by atoms with E-state index in [-0.39, 0.29) is 22.9 Å². The van der Waals surface area contributed by atoms with E-state index in [1.165, 1.54) is 0 Å². The fourth-order valence-electron chi connectivity index (χ4n) is 2.37. The molecule has 1 aliphatic rings. The summed E-state index contributed by atoms with van der Waals surface area (Å²) < 4.78 is 0. The van der Waals surface area contributed by atoms with E-state index in [1.807, 2.05) is 4.90 Å². The molecule has 1 saturated heterocycles. The van der Waals surface area contributed by atoms with Crippen molar-refractivity contribution in [2.24, 2.45) is 11.1 Å². The third-order valence-corrected chi connectivity index (χ3v) is 3.89. The van der Waals surface area contributed by atoms with Crippen LogP contribution in [0.4, 0.5) is 0 Å². The summed E-state index contributed by atoms with van der Waals surface area (Å²) in [6.07, 6.45) is 3.63. The maximum Gasteiger partial charge on any atom is 0.223 e. The van der Waals surface area contributed by atoms with Crippen LogP contribution in [-0.4, -0.2) is 28.9 Å². The first-order chi connectivity index (χ1) is 7.64. The first-order valence-electron chi connectivity index (χ1n) is 6.70. The Labute approximate surface area is 106 Å². The molecule has 1 fully saturated rings. The van der Waals surface area contributed by atoms with Crippen LogP contribution < -0.4 is 5.73 Å². The summed E-state index contributed by atoms with van der Waals surface area (Å²) in [5, 5.41) is 0. The summed E-state index contributed by atoms with van der Waals surface area (Å²) in [6.45, 7) is 11.6. The van der Waals surface area contributed by atoms with Gasteiger partial charge in [0, 0.05) is 19.0 Å². The Morgan fingerprint density at radius 2 is 2.00 bits per heavy atom. The van der Waals surface area contributed by atoms with Gasteiger partial charge in [0.1, 0.15) is 0 Å². The molecule has 0 aromatic carbocycles. The molecule has 0 aromatic rings. The van der Waals surface area contributed by atoms with E-state index >= 15 is 0 Å². The highest BCUT2D eigenvalue weighted by atomic mass is 16.2. The van der Waals surface area contributed by atoms with Gasteiger partial charge in [-0.1, -0.05) is 20.8 Å². The van der Waals surface area contributed by atoms with Gasteiger partial charge in [0.05, 0.1) is 5.54 Å². The second kappa shape index (κ2) is 4.97. The molecule has 1 rings (SSSR count). The minimum Gasteiger partial charge on any atom is -0.336 e. The van der Waals surface area contributed by atoms with Crippen molar-refractivity contribution in [2.45, 2.75) is 71.9 Å². The van der Waals surface area contributed by atoms with Crippen LogP contribution in [0.3, 0.4) is 0 Å². The molecule has 1 aliphatic heterocycles. The van der Waals surface area contributed by atoms with Crippen LogP contribution in [-0.2, 0) is 4.79 Å². The first kappa shape index (κ1) is 14.5. The smallest absolute Gasteiger partial charge is 0.223 e. The second-order valence-corrected chi connectivity index (χ2v) is 7.01. The van der Waals surface area contributed by atoms with E-state index in [9.17, 15) is 4.79 Å². The van der Waals surface area contributed by atoms with Crippen molar-refractivity contribution in [3.8, 4) is 0 Å². The summed E-state index contributed by atoms with van der Waals surface area (Å²) in [7, 11) is 0. The van der Waals surface area contributed by atoms with Gasteiger partial charge in [0.2, 0.25) is 5.91 Å². The van der Waals surface area contributed by atoms with Crippen molar-refractivity contribution in [3.05, 3.63) is 0 Å². The Bertz CT molecular complexity index is 278. The average molecular weight is 240 g/mol. The number of nitrogens with two attached hydrogens (primary N) is 1. The van der Waals surface area contributed by atoms with Crippen molar-refractivity contribution < 1.29 is 4.79 Å². The fraction of sp³-hybridized carbons (Fsp3) is 0.929. The Hall–Kier alpha value is -0.570. The SMILES string of the molecule is CC(C)(C)CCC(=O)N1CCCC(N)C1(C)C. The van der Waals surface area contributed by atoms with Crippen LogP contribution in [0.5, 0.6) is 0 Å². The zero-order valence-electron chi connectivity index (χ0n) is 12.0. The number of hydrogen-bond acceptors (Lipinski definition) is 2. The van der Waals surface area contributed by atoms with E-state index in [4.69, 9.17) is 5.73 Å². The summed E-state index contributed by atoms with van der Waals surface area (Å²) in [6, 6.07) is 0.106. The summed E-state index contributed by atoms with van der Waals surface area (Å²) in [4.78, 5) is 14.3. The molecule has 1 heterocycles. The molecule has 0 saturated carbocycles. The monoisotopic (exact) mass is 240 g/mol. The number of amides is 1. The topological polar surface area (TPSA) is 46.3 Å². The average Bonchev–Trinajstić information content (AvgIpc) is 2.17. The Balaban J connectivity index is 2.62. The number of hydrogen-bond donors (Lipinski definition) is 1. The molecule has 100 valence electrons. The Kier molecular flexibility index (Phi) is 4.23. The van der Waals surface area contributed by atoms with Crippen molar-refractivity contribution in [3.63, 3.8) is 0 Å². The number of carbonyl (C=O) groups excluding carboxylic acids is 1. The number of piperidine rings is 1. The highest BCUT2D eigenvalue weighted by Gasteiger charge is 2.38. The van der Waals surface area contributed by atoms with Crippen molar-refractivity contribution in [1.82, 2.24) is 4.90 Å². The lowest BCUT2D eigenvalue weighted by Crippen LogP contribution is -2.61. The molecule has 0 aromatic heterocycles. The Morgan fingerprint density at radius 3 is 2.53 bits per heavy atom. The van der Waals surface area contributed by atoms with E-state index in [0.29, 0.717) is 6.42 Å². The maximum atomic E-state index is 12.3. The van der Waals surface area contributed by atoms with Gasteiger partial charge < -0.3 is 10.6 Å². The van der Waals surface area contributed by atoms with Crippen LogP contribution in [0.25, 0.3) is 0 Å². The quantitative estimate of drug-likeness (QED) is 0.806. The van der Waals surface area contributed by atoms with Crippen LogP contribution in [0, 0.1) is 5.41 Å². The van der Waals surface area contributed by atoms with Crippen molar-refractivity contribution in [1.29, 1.82) is 0 Å². The standard InChI is InChI=1S/C14H28N2O/c1-13(2,3)9-8-12(17)16-10-6-7-11(15)14(16,4)5/h11H,6-10,15H2,1-5H3. The van der Waals surface area contributed by atoms with Gasteiger partial charge in [-0.05, 0) is 38.5 Å². The fourth-order valence-corrected chi connectivity index (χ4v) is 2.37. The molecule has 3 nitrogen and oxygen atoms in total. The molecule has 0 bridgehead atoms. The summed E-state index contributed by atoms with van der Waals surface area (Å²) >= 11 is 0. The van der Waals surface area contributed by atoms with Crippen LogP contribution >= 0.6 is 0 Å². The molecular formula is C14H28N2O. The summed E-state index contributed by atoms with van der Waals surface area (Å²) in [5.74, 6) is 0.264. The number of carbonyl (C=O) groups is 1. The molecule has 2 N–H and O–H groups in total. The lowest BCUT2D eigenvalue weighted by molar-refractivity contribution is -0.139. The zero-order valence-corrected chi connectivity index (χ0v) is 12.0. The molecule has 3 heteroatoms. The number of likely N-dealkylation sites (tertiary alicyclic amines) is 1. The van der Waals surface area contributed by atoms with Gasteiger partial charge in [-0.25, -0.2) is 0 Å². The molecule has 1 amide bonds. The Morgan fingerprint density at radius 1 is 1.41 bits per heavy atom. The second-order valence-electron chi connectivity index (χ2n) is 7.01. The van der Waals surface area contributed by atoms with Gasteiger partial charge in [0.15, 0.2) is 0 Å². The molecule has 1 unspecified atom stereocenters. The minimum atomic E-state index is -0.187. The summed E-state index contributed by atoms with van der Waals surface area (Å²) in [5.41, 5.74) is 6.16. The zero-order chi connectivity index (χ0) is 13.3. The number of nitrogens with zero attached hydrogens (tertiary/aromatic N) is 1. The largest absolute Gasteiger partial charge is 0.336 e. The minimum absolute atomic E-state index is 0.106. The molecule has 0 aliphatic carbocycles. The van der Waals surface area contributed by atoms with Gasteiger partial charge in [-0.3, -0.25) is 4.79 Å². The van der Waals surface area contributed by atoms with Gasteiger partial charge in [0.25, 0.3) is 0 Å². The molecular weight excluding hydrogens is 212 g/mol. The maximum absolute atomic E-state index is 12.3. The van der Waals surface area contributed by atoms with E-state index in [0.717, 1.165) is 25.8 Å². The first-order valence-corrected chi connectivity index (χ1v) is 6.70. The van der Waals surface area contributed by atoms with Crippen molar-refractivity contribution in [2.75, 3.05) is 6.54 Å². The van der Waals surface area contributed by atoms with Crippen LogP contribution in [0.1, 0.15) is 60.3 Å². The van der Waals surface area contributed by atoms with Gasteiger partial charge in [-0.15, -0.1) is 0 Å². The molecule has 1 atom stereocenters. The highest BCUT2D eigenvalue weighted by molar-refractivity contribution is 5.77. The van der Waals surface area contributed by atoms with E-state index < -0.39 is 0 Å². The normalized spacial score (nSPS) is 24.8. The highest BCUT2D eigenvalue weighted by Crippen LogP contribution is 2.29. The third-order valence-electron chi connectivity index (χ3n) is 3.89. The van der Waals surface area contributed by atoms with E-state index in [1.54, 1.807) is 0 Å². The third kappa shape index (κ3) is 3.70. The lowest BCUT2D eigenvalue weighted by Gasteiger charge is -2.47. The van der Waals surface area contributed by atoms with Gasteiger partial charge >= 0.3 is 0 Å². The van der Waals surface area contributed by atoms with E-state index in [2.05, 4.69) is 34.6 Å². The molecule has 0 spiro atoms. The molecule has 0 radical (unpaired) electrons. The molecule has 17 heavy (non-hydrogen) atoms. The number of rotatable bonds is 2. The van der Waals surface area contributed by atoms with Crippen molar-refractivity contribution >= 4 is 5.91 Å². The van der Waals surface area contributed by atoms with Gasteiger partial charge in [-0.2, -0.15) is 0 Å². The lowest BCUT2D eigenvalue weighted by atomic mass is 9.84. The van der Waals surface area contributed by atoms with Crippen LogP contribution in [0.15, 0.2) is 0 Å².